The van der Waals surface area contributed by atoms with Crippen LogP contribution in [0, 0.1) is 0 Å². The first kappa shape index (κ1) is 12.6. The van der Waals surface area contributed by atoms with Crippen molar-refractivity contribution in [1.82, 2.24) is 0 Å². The van der Waals surface area contributed by atoms with Crippen molar-refractivity contribution in [2.75, 3.05) is 5.32 Å². The summed E-state index contributed by atoms with van der Waals surface area (Å²) in [5.41, 5.74) is 2.09. The molecule has 0 radical (unpaired) electrons. The van der Waals surface area contributed by atoms with E-state index in [1.165, 1.54) is 5.56 Å². The van der Waals surface area contributed by atoms with E-state index in [2.05, 4.69) is 12.2 Å². The van der Waals surface area contributed by atoms with Crippen LogP contribution in [0.2, 0.25) is 0 Å². The van der Waals surface area contributed by atoms with Crippen molar-refractivity contribution < 1.29 is 4.79 Å². The summed E-state index contributed by atoms with van der Waals surface area (Å²) in [5, 5.41) is 4.82. The third-order valence-electron chi connectivity index (χ3n) is 2.57. The van der Waals surface area contributed by atoms with Gasteiger partial charge in [0.2, 0.25) is 5.91 Å². The van der Waals surface area contributed by atoms with E-state index >= 15 is 0 Å². The molecule has 18 heavy (non-hydrogen) atoms. The van der Waals surface area contributed by atoms with Gasteiger partial charge in [-0.15, -0.1) is 11.3 Å². The number of rotatable bonds is 4. The molecule has 0 unspecified atom stereocenters. The Kier molecular flexibility index (Phi) is 4.31. The smallest absolute Gasteiger partial charge is 0.248 e. The lowest BCUT2D eigenvalue weighted by Gasteiger charge is -2.02. The van der Waals surface area contributed by atoms with Crippen LogP contribution in [-0.4, -0.2) is 5.91 Å². The van der Waals surface area contributed by atoms with E-state index < -0.39 is 0 Å². The summed E-state index contributed by atoms with van der Waals surface area (Å²) < 4.78 is 0. The molecule has 2 nitrogen and oxygen atoms in total. The topological polar surface area (TPSA) is 29.1 Å². The number of anilines is 1. The quantitative estimate of drug-likeness (QED) is 0.825. The standard InChI is InChI=1S/C15H15NOS/c1-2-12-5-7-13(8-6-12)16-15(17)10-9-14-4-3-11-18-14/h3-11H,2H2,1H3,(H,16,17)/b10-9+. The Labute approximate surface area is 111 Å². The molecule has 0 saturated carbocycles. The van der Waals surface area contributed by atoms with Crippen LogP contribution in [-0.2, 0) is 11.2 Å². The van der Waals surface area contributed by atoms with Crippen LogP contribution in [0.5, 0.6) is 0 Å². The molecule has 1 amide bonds. The number of carbonyl (C=O) groups is 1. The molecule has 3 heteroatoms. The van der Waals surface area contributed by atoms with E-state index in [-0.39, 0.29) is 5.91 Å². The van der Waals surface area contributed by atoms with Crippen molar-refractivity contribution in [3.05, 3.63) is 58.3 Å². The van der Waals surface area contributed by atoms with Gasteiger partial charge in [-0.3, -0.25) is 4.79 Å². The van der Waals surface area contributed by atoms with Gasteiger partial charge in [0.1, 0.15) is 0 Å². The van der Waals surface area contributed by atoms with Crippen LogP contribution >= 0.6 is 11.3 Å². The molecule has 0 saturated heterocycles. The van der Waals surface area contributed by atoms with Gasteiger partial charge in [-0.25, -0.2) is 0 Å². The number of carbonyl (C=O) groups excluding carboxylic acids is 1. The second kappa shape index (κ2) is 6.17. The van der Waals surface area contributed by atoms with Gasteiger partial charge in [0.05, 0.1) is 0 Å². The maximum Gasteiger partial charge on any atom is 0.248 e. The van der Waals surface area contributed by atoms with Crippen LogP contribution in [0.15, 0.2) is 47.9 Å². The zero-order valence-electron chi connectivity index (χ0n) is 10.2. The highest BCUT2D eigenvalue weighted by molar-refractivity contribution is 7.10. The Morgan fingerprint density at radius 2 is 2.06 bits per heavy atom. The summed E-state index contributed by atoms with van der Waals surface area (Å²) in [5.74, 6) is -0.104. The van der Waals surface area contributed by atoms with Gasteiger partial charge in [-0.2, -0.15) is 0 Å². The number of benzene rings is 1. The van der Waals surface area contributed by atoms with Gasteiger partial charge in [0, 0.05) is 16.6 Å². The van der Waals surface area contributed by atoms with Crippen LogP contribution in [0.1, 0.15) is 17.4 Å². The van der Waals surface area contributed by atoms with E-state index in [1.54, 1.807) is 17.4 Å². The third kappa shape index (κ3) is 3.57. The molecule has 2 aromatic rings. The van der Waals surface area contributed by atoms with Crippen LogP contribution in [0.25, 0.3) is 6.08 Å². The summed E-state index contributed by atoms with van der Waals surface area (Å²) in [6.45, 7) is 2.11. The summed E-state index contributed by atoms with van der Waals surface area (Å²) in [4.78, 5) is 12.7. The fourth-order valence-electron chi connectivity index (χ4n) is 1.55. The van der Waals surface area contributed by atoms with Crippen molar-refractivity contribution >= 4 is 29.0 Å². The Morgan fingerprint density at radius 3 is 2.67 bits per heavy atom. The summed E-state index contributed by atoms with van der Waals surface area (Å²) in [7, 11) is 0. The van der Waals surface area contributed by atoms with Crippen LogP contribution < -0.4 is 5.32 Å². The van der Waals surface area contributed by atoms with Crippen molar-refractivity contribution in [2.24, 2.45) is 0 Å². The molecule has 1 N–H and O–H groups in total. The molecule has 1 aromatic heterocycles. The van der Waals surface area contributed by atoms with Gasteiger partial charge in [-0.05, 0) is 41.6 Å². The van der Waals surface area contributed by atoms with Gasteiger partial charge in [0.25, 0.3) is 0 Å². The number of thiophene rings is 1. The lowest BCUT2D eigenvalue weighted by Crippen LogP contribution is -2.07. The average Bonchev–Trinajstić information content (AvgIpc) is 2.90. The molecule has 2 rings (SSSR count). The number of hydrogen-bond acceptors (Lipinski definition) is 2. The highest BCUT2D eigenvalue weighted by Crippen LogP contribution is 2.12. The average molecular weight is 257 g/mol. The predicted molar refractivity (Wildman–Crippen MR) is 77.8 cm³/mol. The first-order valence-corrected chi connectivity index (χ1v) is 6.77. The minimum atomic E-state index is -0.104. The largest absolute Gasteiger partial charge is 0.323 e. The lowest BCUT2D eigenvalue weighted by molar-refractivity contribution is -0.111. The molecule has 0 fully saturated rings. The van der Waals surface area contributed by atoms with Gasteiger partial charge >= 0.3 is 0 Å². The van der Waals surface area contributed by atoms with E-state index in [0.717, 1.165) is 17.0 Å². The van der Waals surface area contributed by atoms with Crippen molar-refractivity contribution in [3.63, 3.8) is 0 Å². The Bertz CT molecular complexity index is 526. The predicted octanol–water partition coefficient (Wildman–Crippen LogP) is 3.96. The van der Waals surface area contributed by atoms with Gasteiger partial charge in [0.15, 0.2) is 0 Å². The number of nitrogens with one attached hydrogen (secondary N) is 1. The van der Waals surface area contributed by atoms with Gasteiger partial charge < -0.3 is 5.32 Å². The molecule has 1 heterocycles. The Hall–Kier alpha value is -1.87. The third-order valence-corrected chi connectivity index (χ3v) is 3.41. The number of amides is 1. The highest BCUT2D eigenvalue weighted by atomic mass is 32.1. The molecule has 0 aliphatic rings. The Balaban J connectivity index is 1.94. The fourth-order valence-corrected chi connectivity index (χ4v) is 2.17. The minimum Gasteiger partial charge on any atom is -0.323 e. The van der Waals surface area contributed by atoms with E-state index in [0.29, 0.717) is 0 Å². The number of hydrogen-bond donors (Lipinski definition) is 1. The van der Waals surface area contributed by atoms with Crippen molar-refractivity contribution in [3.8, 4) is 0 Å². The fraction of sp³-hybridized carbons (Fsp3) is 0.133. The maximum atomic E-state index is 11.7. The molecular formula is C15H15NOS. The van der Waals surface area contributed by atoms with Crippen molar-refractivity contribution in [1.29, 1.82) is 0 Å². The SMILES string of the molecule is CCc1ccc(NC(=O)/C=C/c2cccs2)cc1. The molecule has 0 aliphatic carbocycles. The monoisotopic (exact) mass is 257 g/mol. The summed E-state index contributed by atoms with van der Waals surface area (Å²) in [6, 6.07) is 11.8. The highest BCUT2D eigenvalue weighted by Gasteiger charge is 1.98. The second-order valence-corrected chi connectivity index (χ2v) is 4.87. The van der Waals surface area contributed by atoms with E-state index in [4.69, 9.17) is 0 Å². The van der Waals surface area contributed by atoms with Gasteiger partial charge in [-0.1, -0.05) is 25.1 Å². The molecule has 0 bridgehead atoms. The molecule has 92 valence electrons. The lowest BCUT2D eigenvalue weighted by atomic mass is 10.1. The minimum absolute atomic E-state index is 0.104. The van der Waals surface area contributed by atoms with Crippen LogP contribution in [0.4, 0.5) is 5.69 Å². The Morgan fingerprint density at radius 1 is 1.28 bits per heavy atom. The maximum absolute atomic E-state index is 11.7. The molecule has 0 atom stereocenters. The number of aryl methyl sites for hydroxylation is 1. The van der Waals surface area contributed by atoms with Crippen molar-refractivity contribution in [2.45, 2.75) is 13.3 Å². The molecular weight excluding hydrogens is 242 g/mol. The molecule has 0 aliphatic heterocycles. The molecule has 1 aromatic carbocycles. The summed E-state index contributed by atoms with van der Waals surface area (Å²) in [6.07, 6.45) is 4.38. The first-order valence-electron chi connectivity index (χ1n) is 5.89. The van der Waals surface area contributed by atoms with E-state index in [9.17, 15) is 4.79 Å². The van der Waals surface area contributed by atoms with Crippen LogP contribution in [0.3, 0.4) is 0 Å². The zero-order chi connectivity index (χ0) is 12.8. The zero-order valence-corrected chi connectivity index (χ0v) is 11.0. The normalized spacial score (nSPS) is 10.7. The molecule has 0 spiro atoms. The summed E-state index contributed by atoms with van der Waals surface area (Å²) >= 11 is 1.61. The second-order valence-electron chi connectivity index (χ2n) is 3.89. The first-order chi connectivity index (χ1) is 8.78. The van der Waals surface area contributed by atoms with E-state index in [1.807, 2.05) is 47.9 Å².